The quantitative estimate of drug-likeness (QED) is 0.172. The Bertz CT molecular complexity index is 2680. The maximum absolute atomic E-state index is 12.0. The highest BCUT2D eigenvalue weighted by Gasteiger charge is 2.28. The highest BCUT2D eigenvalue weighted by molar-refractivity contribution is 6.38. The van der Waals surface area contributed by atoms with Gasteiger partial charge in [-0.3, -0.25) is 0 Å². The third-order valence-electron chi connectivity index (χ3n) is 9.76. The van der Waals surface area contributed by atoms with Gasteiger partial charge in [-0.25, -0.2) is 0 Å². The van der Waals surface area contributed by atoms with E-state index in [1.54, 1.807) is 7.85 Å². The summed E-state index contributed by atoms with van der Waals surface area (Å²) in [5.74, 6) is -0.462. The summed E-state index contributed by atoms with van der Waals surface area (Å²) < 4.78 is 6.59. The van der Waals surface area contributed by atoms with Crippen molar-refractivity contribution in [2.75, 3.05) is 0 Å². The van der Waals surface area contributed by atoms with E-state index in [-0.39, 0.29) is 17.2 Å². The molecule has 0 saturated heterocycles. The Hall–Kier alpha value is -6.20. The van der Waals surface area contributed by atoms with E-state index >= 15 is 0 Å². The Balaban J connectivity index is 1.37. The van der Waals surface area contributed by atoms with E-state index in [2.05, 4.69) is 72.8 Å². The number of hydrogen-bond acceptors (Lipinski definition) is 4. The molecule has 1 aliphatic carbocycles. The second-order valence-electron chi connectivity index (χ2n) is 12.4. The molecule has 0 radical (unpaired) electrons. The summed E-state index contributed by atoms with van der Waals surface area (Å²) in [5.41, 5.74) is 7.84. The molecule has 0 unspecified atom stereocenters. The van der Waals surface area contributed by atoms with E-state index in [1.807, 2.05) is 60.7 Å². The number of allylic oxidation sites excluding steroid dienone is 2. The molecule has 4 nitrogen and oxygen atoms in total. The second kappa shape index (κ2) is 10.7. The second-order valence-corrected chi connectivity index (χ2v) is 12.4. The van der Waals surface area contributed by atoms with Crippen LogP contribution in [0.2, 0.25) is 0 Å². The van der Waals surface area contributed by atoms with Crippen molar-refractivity contribution in [3.63, 3.8) is 0 Å². The first-order chi connectivity index (χ1) is 23.5. The van der Waals surface area contributed by atoms with Crippen molar-refractivity contribution < 1.29 is 19.7 Å². The van der Waals surface area contributed by atoms with Gasteiger partial charge >= 0.3 is 0 Å². The lowest BCUT2D eigenvalue weighted by molar-refractivity contribution is 0.439. The molecule has 0 aliphatic heterocycles. The zero-order valence-electron chi connectivity index (χ0n) is 26.2. The molecule has 0 bridgehead atoms. The number of benzene rings is 7. The predicted octanol–water partition coefficient (Wildman–Crippen LogP) is 9.70. The van der Waals surface area contributed by atoms with E-state index in [0.717, 1.165) is 72.2 Å². The molecule has 0 atom stereocenters. The van der Waals surface area contributed by atoms with Crippen molar-refractivity contribution in [3.8, 4) is 50.6 Å². The molecule has 1 heterocycles. The Labute approximate surface area is 277 Å². The van der Waals surface area contributed by atoms with E-state index in [4.69, 9.17) is 4.42 Å². The Morgan fingerprint density at radius 2 is 1.12 bits per heavy atom. The lowest BCUT2D eigenvalue weighted by atomic mass is 9.79. The van der Waals surface area contributed by atoms with Gasteiger partial charge in [0, 0.05) is 21.7 Å². The Morgan fingerprint density at radius 1 is 0.500 bits per heavy atom. The highest BCUT2D eigenvalue weighted by Crippen LogP contribution is 2.53. The average Bonchev–Trinajstić information content (AvgIpc) is 3.33. The van der Waals surface area contributed by atoms with Crippen LogP contribution in [0.15, 0.2) is 126 Å². The van der Waals surface area contributed by atoms with Crippen molar-refractivity contribution in [3.05, 3.63) is 132 Å². The van der Waals surface area contributed by atoms with Crippen LogP contribution < -0.4 is 5.46 Å². The summed E-state index contributed by atoms with van der Waals surface area (Å²) in [6.45, 7) is 0. The van der Waals surface area contributed by atoms with E-state index < -0.39 is 0 Å². The molecule has 48 heavy (non-hydrogen) atoms. The molecule has 8 aromatic rings. The number of hydrogen-bond donors (Lipinski definition) is 3. The van der Waals surface area contributed by atoms with Gasteiger partial charge in [-0.05, 0) is 74.1 Å². The van der Waals surface area contributed by atoms with Gasteiger partial charge in [-0.1, -0.05) is 115 Å². The maximum atomic E-state index is 12.0. The number of phenols is 3. The third kappa shape index (κ3) is 4.04. The molecule has 3 N–H and O–H groups in total. The third-order valence-corrected chi connectivity index (χ3v) is 9.76. The summed E-state index contributed by atoms with van der Waals surface area (Å²) in [7, 11) is 1.68. The van der Waals surface area contributed by atoms with E-state index in [0.29, 0.717) is 27.7 Å². The minimum absolute atomic E-state index is 0.144. The summed E-state index contributed by atoms with van der Waals surface area (Å²) in [6, 6.07) is 36.4. The van der Waals surface area contributed by atoms with Crippen molar-refractivity contribution in [1.29, 1.82) is 0 Å². The van der Waals surface area contributed by atoms with Gasteiger partial charge in [0.25, 0.3) is 0 Å². The summed E-state index contributed by atoms with van der Waals surface area (Å²) in [5, 5.41) is 41.1. The summed E-state index contributed by atoms with van der Waals surface area (Å²) in [4.78, 5) is 0. The zero-order chi connectivity index (χ0) is 32.5. The first kappa shape index (κ1) is 28.1. The largest absolute Gasteiger partial charge is 0.508 e. The normalized spacial score (nSPS) is 12.7. The van der Waals surface area contributed by atoms with Crippen LogP contribution in [-0.2, 0) is 0 Å². The Kier molecular flexibility index (Phi) is 6.24. The molecule has 0 amide bonds. The molecule has 228 valence electrons. The minimum Gasteiger partial charge on any atom is -0.508 e. The fourth-order valence-corrected chi connectivity index (χ4v) is 7.47. The summed E-state index contributed by atoms with van der Waals surface area (Å²) >= 11 is 0. The van der Waals surface area contributed by atoms with Crippen molar-refractivity contribution in [1.82, 2.24) is 0 Å². The van der Waals surface area contributed by atoms with Crippen LogP contribution in [0.5, 0.6) is 17.2 Å². The molecule has 0 spiro atoms. The summed E-state index contributed by atoms with van der Waals surface area (Å²) in [6.07, 6.45) is 9.18. The van der Waals surface area contributed by atoms with Crippen molar-refractivity contribution >= 4 is 68.9 Å². The van der Waals surface area contributed by atoms with Gasteiger partial charge in [0.1, 0.15) is 36.3 Å². The van der Waals surface area contributed by atoms with Crippen LogP contribution in [0.25, 0.3) is 89.0 Å². The van der Waals surface area contributed by atoms with Crippen molar-refractivity contribution in [2.24, 2.45) is 0 Å². The lowest BCUT2D eigenvalue weighted by Crippen LogP contribution is -2.08. The molecular formula is C43H29BO4. The lowest BCUT2D eigenvalue weighted by Gasteiger charge is -2.23. The van der Waals surface area contributed by atoms with Crippen LogP contribution in [0.4, 0.5) is 0 Å². The molecule has 0 fully saturated rings. The average molecular weight is 621 g/mol. The predicted molar refractivity (Wildman–Crippen MR) is 201 cm³/mol. The van der Waals surface area contributed by atoms with Gasteiger partial charge in [0.2, 0.25) is 0 Å². The van der Waals surface area contributed by atoms with Crippen LogP contribution in [-0.4, -0.2) is 23.2 Å². The van der Waals surface area contributed by atoms with Crippen molar-refractivity contribution in [2.45, 2.75) is 6.42 Å². The van der Waals surface area contributed by atoms with Crippen LogP contribution in [0.3, 0.4) is 0 Å². The number of furan rings is 1. The van der Waals surface area contributed by atoms with Gasteiger partial charge < -0.3 is 19.7 Å². The molecule has 1 aliphatic rings. The minimum atomic E-state index is -0.167. The maximum Gasteiger partial charge on any atom is 0.149 e. The molecular weight excluding hydrogens is 591 g/mol. The van der Waals surface area contributed by atoms with E-state index in [9.17, 15) is 15.3 Å². The first-order valence-corrected chi connectivity index (χ1v) is 16.1. The van der Waals surface area contributed by atoms with Gasteiger partial charge in [-0.15, -0.1) is 0 Å². The zero-order valence-corrected chi connectivity index (χ0v) is 26.2. The number of fused-ring (bicyclic) bond motifs is 7. The van der Waals surface area contributed by atoms with Crippen LogP contribution >= 0.6 is 0 Å². The SMILES string of the molecule is Bc1c(O)c(-c2ccccc2)c(O)c(-c2c3c(c(-c4ccc5c(c4)oc4c6ccccc6ccc54)c4ccccc24)C=CCC=C3)c1O. The fourth-order valence-electron chi connectivity index (χ4n) is 7.47. The molecule has 5 heteroatoms. The highest BCUT2D eigenvalue weighted by atomic mass is 16.3. The van der Waals surface area contributed by atoms with Gasteiger partial charge in [0.05, 0.1) is 11.1 Å². The number of rotatable bonds is 3. The number of phenolic OH excluding ortho intramolecular Hbond substituents is 3. The number of aromatic hydroxyl groups is 3. The molecule has 9 rings (SSSR count). The van der Waals surface area contributed by atoms with Gasteiger partial charge in [0.15, 0.2) is 0 Å². The molecule has 1 aromatic heterocycles. The standard InChI is InChI=1S/C43H29BO4/c44-39-41(46)36(25-12-3-1-4-13-25)40(45)38(42(39)47)37-31-16-6-2-5-15-29(31)35(30-17-9-10-18-32(30)37)26-20-21-28-33-22-19-24-11-7-8-14-27(24)43(33)48-34(28)23-26/h1,3-23,45-47H,2,44H2. The molecule has 0 saturated carbocycles. The Morgan fingerprint density at radius 3 is 1.90 bits per heavy atom. The first-order valence-electron chi connectivity index (χ1n) is 16.1. The van der Waals surface area contributed by atoms with Gasteiger partial charge in [-0.2, -0.15) is 0 Å². The van der Waals surface area contributed by atoms with Crippen LogP contribution in [0, 0.1) is 0 Å². The van der Waals surface area contributed by atoms with E-state index in [1.165, 1.54) is 0 Å². The fraction of sp³-hybridized carbons (Fsp3) is 0.0233. The molecule has 7 aromatic carbocycles. The smallest absolute Gasteiger partial charge is 0.149 e. The monoisotopic (exact) mass is 620 g/mol. The van der Waals surface area contributed by atoms with Crippen LogP contribution in [0.1, 0.15) is 17.5 Å². The topological polar surface area (TPSA) is 73.8 Å².